The number of ether oxygens (including phenoxy) is 1. The van der Waals surface area contributed by atoms with Crippen molar-refractivity contribution in [3.05, 3.63) is 0 Å². The quantitative estimate of drug-likeness (QED) is 0.623. The summed E-state index contributed by atoms with van der Waals surface area (Å²) in [6.45, 7) is 3.13. The van der Waals surface area contributed by atoms with E-state index >= 15 is 0 Å². The maximum Gasteiger partial charge on any atom is 0.0727 e. The van der Waals surface area contributed by atoms with E-state index in [0.29, 0.717) is 6.04 Å². The van der Waals surface area contributed by atoms with E-state index in [1.165, 1.54) is 44.9 Å². The fourth-order valence-electron chi connectivity index (χ4n) is 2.71. The van der Waals surface area contributed by atoms with Gasteiger partial charge in [0.2, 0.25) is 0 Å². The van der Waals surface area contributed by atoms with Crippen LogP contribution in [0.1, 0.15) is 71.1 Å². The first-order valence-electron chi connectivity index (χ1n) is 7.86. The minimum absolute atomic E-state index is 0.151. The van der Waals surface area contributed by atoms with Crippen molar-refractivity contribution in [3.8, 4) is 0 Å². The molecule has 0 aromatic carbocycles. The average molecular weight is 256 g/mol. The summed E-state index contributed by atoms with van der Waals surface area (Å²) in [6.07, 6.45) is 12.6. The summed E-state index contributed by atoms with van der Waals surface area (Å²) >= 11 is 0. The van der Waals surface area contributed by atoms with Gasteiger partial charge in [-0.05, 0) is 25.7 Å². The van der Waals surface area contributed by atoms with E-state index in [-0.39, 0.29) is 12.1 Å². The van der Waals surface area contributed by atoms with Gasteiger partial charge in [-0.25, -0.2) is 0 Å². The monoisotopic (exact) mass is 256 g/mol. The molecule has 3 atom stereocenters. The summed E-state index contributed by atoms with van der Waals surface area (Å²) in [5.41, 5.74) is 11.9. The highest BCUT2D eigenvalue weighted by Crippen LogP contribution is 2.19. The van der Waals surface area contributed by atoms with Crippen molar-refractivity contribution in [2.75, 3.05) is 6.61 Å². The normalized spacial score (nSPS) is 28.5. The van der Waals surface area contributed by atoms with Gasteiger partial charge in [-0.15, -0.1) is 0 Å². The number of hydrogen-bond acceptors (Lipinski definition) is 3. The lowest BCUT2D eigenvalue weighted by Gasteiger charge is -2.32. The fraction of sp³-hybridized carbons (Fsp3) is 1.00. The molecule has 1 rings (SSSR count). The maximum absolute atomic E-state index is 6.06. The topological polar surface area (TPSA) is 61.3 Å². The molecule has 1 aliphatic rings. The third-order valence-electron chi connectivity index (χ3n) is 3.95. The standard InChI is InChI=1S/C15H32N2O/c1-2-3-4-5-6-7-8-11-18-15-10-9-13(16)12-14(15)17/h13-15H,2-12,16-17H2,1H3. The van der Waals surface area contributed by atoms with Gasteiger partial charge in [-0.3, -0.25) is 0 Å². The van der Waals surface area contributed by atoms with E-state index in [4.69, 9.17) is 16.2 Å². The van der Waals surface area contributed by atoms with Crippen LogP contribution in [0.5, 0.6) is 0 Å². The Hall–Kier alpha value is -0.120. The highest BCUT2D eigenvalue weighted by Gasteiger charge is 2.26. The van der Waals surface area contributed by atoms with E-state index in [9.17, 15) is 0 Å². The molecule has 3 heteroatoms. The third-order valence-corrected chi connectivity index (χ3v) is 3.95. The van der Waals surface area contributed by atoms with Crippen LogP contribution < -0.4 is 11.5 Å². The summed E-state index contributed by atoms with van der Waals surface area (Å²) in [6, 6.07) is 0.441. The molecule has 3 unspecified atom stereocenters. The first-order chi connectivity index (χ1) is 8.74. The zero-order valence-electron chi connectivity index (χ0n) is 12.1. The Morgan fingerprint density at radius 2 is 1.61 bits per heavy atom. The number of nitrogens with two attached hydrogens (primary N) is 2. The maximum atomic E-state index is 6.06. The van der Waals surface area contributed by atoms with Crippen LogP contribution in [0.15, 0.2) is 0 Å². The van der Waals surface area contributed by atoms with Gasteiger partial charge in [0.1, 0.15) is 0 Å². The Morgan fingerprint density at radius 3 is 2.28 bits per heavy atom. The summed E-state index contributed by atoms with van der Waals surface area (Å²) in [5, 5.41) is 0. The second-order valence-corrected chi connectivity index (χ2v) is 5.77. The molecule has 1 aliphatic carbocycles. The van der Waals surface area contributed by atoms with E-state index in [2.05, 4.69) is 6.92 Å². The molecule has 1 saturated carbocycles. The molecule has 4 N–H and O–H groups in total. The van der Waals surface area contributed by atoms with Crippen LogP contribution in [0.3, 0.4) is 0 Å². The van der Waals surface area contributed by atoms with E-state index in [0.717, 1.165) is 25.9 Å². The van der Waals surface area contributed by atoms with Crippen LogP contribution in [0.2, 0.25) is 0 Å². The summed E-state index contributed by atoms with van der Waals surface area (Å²) < 4.78 is 5.89. The first kappa shape index (κ1) is 15.9. The molecular formula is C15H32N2O. The summed E-state index contributed by atoms with van der Waals surface area (Å²) in [4.78, 5) is 0. The first-order valence-corrected chi connectivity index (χ1v) is 7.86. The molecule has 0 amide bonds. The molecule has 108 valence electrons. The lowest BCUT2D eigenvalue weighted by molar-refractivity contribution is 0.00978. The van der Waals surface area contributed by atoms with Gasteiger partial charge in [-0.2, -0.15) is 0 Å². The van der Waals surface area contributed by atoms with Gasteiger partial charge in [0, 0.05) is 18.7 Å². The zero-order valence-corrected chi connectivity index (χ0v) is 12.1. The molecule has 18 heavy (non-hydrogen) atoms. The highest BCUT2D eigenvalue weighted by atomic mass is 16.5. The minimum atomic E-state index is 0.151. The second-order valence-electron chi connectivity index (χ2n) is 5.77. The van der Waals surface area contributed by atoms with Crippen molar-refractivity contribution in [2.45, 2.75) is 89.3 Å². The van der Waals surface area contributed by atoms with Crippen molar-refractivity contribution in [2.24, 2.45) is 11.5 Å². The van der Waals surface area contributed by atoms with Crippen LogP contribution in [0, 0.1) is 0 Å². The molecule has 0 saturated heterocycles. The molecule has 0 aliphatic heterocycles. The van der Waals surface area contributed by atoms with Crippen LogP contribution in [-0.4, -0.2) is 24.8 Å². The second kappa shape index (κ2) is 9.76. The van der Waals surface area contributed by atoms with Crippen LogP contribution in [0.25, 0.3) is 0 Å². The molecule has 0 aromatic rings. The van der Waals surface area contributed by atoms with Gasteiger partial charge >= 0.3 is 0 Å². The van der Waals surface area contributed by atoms with Crippen LogP contribution >= 0.6 is 0 Å². The Labute approximate surface area is 113 Å². The molecular weight excluding hydrogens is 224 g/mol. The van der Waals surface area contributed by atoms with Crippen molar-refractivity contribution in [1.29, 1.82) is 0 Å². The molecule has 1 fully saturated rings. The number of hydrogen-bond donors (Lipinski definition) is 2. The van der Waals surface area contributed by atoms with Crippen molar-refractivity contribution in [3.63, 3.8) is 0 Å². The highest BCUT2D eigenvalue weighted by molar-refractivity contribution is 4.85. The Balaban J connectivity index is 1.91. The van der Waals surface area contributed by atoms with Gasteiger partial charge < -0.3 is 16.2 Å². The van der Waals surface area contributed by atoms with Gasteiger partial charge in [0.15, 0.2) is 0 Å². The molecule has 0 aromatic heterocycles. The van der Waals surface area contributed by atoms with E-state index in [1.54, 1.807) is 0 Å². The lowest BCUT2D eigenvalue weighted by Crippen LogP contribution is -2.46. The van der Waals surface area contributed by atoms with Crippen molar-refractivity contribution >= 4 is 0 Å². The molecule has 0 bridgehead atoms. The predicted molar refractivity (Wildman–Crippen MR) is 77.5 cm³/mol. The number of rotatable bonds is 9. The Bertz CT molecular complexity index is 199. The fourth-order valence-corrected chi connectivity index (χ4v) is 2.71. The van der Waals surface area contributed by atoms with Gasteiger partial charge in [-0.1, -0.05) is 45.4 Å². The smallest absolute Gasteiger partial charge is 0.0727 e. The molecule has 0 spiro atoms. The van der Waals surface area contributed by atoms with Crippen LogP contribution in [-0.2, 0) is 4.74 Å². The molecule has 0 heterocycles. The van der Waals surface area contributed by atoms with E-state index in [1.807, 2.05) is 0 Å². The van der Waals surface area contributed by atoms with Crippen molar-refractivity contribution in [1.82, 2.24) is 0 Å². The summed E-state index contributed by atoms with van der Waals surface area (Å²) in [7, 11) is 0. The van der Waals surface area contributed by atoms with Gasteiger partial charge in [0.05, 0.1) is 6.10 Å². The third kappa shape index (κ3) is 6.72. The average Bonchev–Trinajstić information content (AvgIpc) is 2.35. The van der Waals surface area contributed by atoms with Gasteiger partial charge in [0.25, 0.3) is 0 Å². The molecule has 0 radical (unpaired) electrons. The van der Waals surface area contributed by atoms with Crippen molar-refractivity contribution < 1.29 is 4.74 Å². The Morgan fingerprint density at radius 1 is 0.944 bits per heavy atom. The largest absolute Gasteiger partial charge is 0.377 e. The van der Waals surface area contributed by atoms with E-state index < -0.39 is 0 Å². The Kier molecular flexibility index (Phi) is 8.64. The number of unbranched alkanes of at least 4 members (excludes halogenated alkanes) is 6. The van der Waals surface area contributed by atoms with Crippen LogP contribution in [0.4, 0.5) is 0 Å². The lowest BCUT2D eigenvalue weighted by atomic mass is 9.89. The summed E-state index contributed by atoms with van der Waals surface area (Å²) in [5.74, 6) is 0. The SMILES string of the molecule is CCCCCCCCCOC1CCC(N)CC1N. The zero-order chi connectivity index (χ0) is 13.2. The molecule has 3 nitrogen and oxygen atoms in total. The minimum Gasteiger partial charge on any atom is -0.377 e. The predicted octanol–water partition coefficient (Wildman–Crippen LogP) is 2.96.